The quantitative estimate of drug-likeness (QED) is 0.169. The Labute approximate surface area is 294 Å². The number of nitrogens with zero attached hydrogens (tertiary/aromatic N) is 8. The smallest absolute Gasteiger partial charge is 0.418 e. The van der Waals surface area contributed by atoms with Crippen LogP contribution in [0.15, 0.2) is 30.7 Å². The fourth-order valence-electron chi connectivity index (χ4n) is 7.70. The van der Waals surface area contributed by atoms with Crippen molar-refractivity contribution in [1.29, 1.82) is 0 Å². The van der Waals surface area contributed by atoms with Gasteiger partial charge in [-0.1, -0.05) is 12.8 Å². The third kappa shape index (κ3) is 7.78. The van der Waals surface area contributed by atoms with Crippen LogP contribution in [-0.2, 0) is 15.7 Å². The number of piperazine rings is 1. The number of fused-ring (bicyclic) bond motifs is 1. The highest BCUT2D eigenvalue weighted by Gasteiger charge is 2.40. The molecule has 2 aliphatic carbocycles. The van der Waals surface area contributed by atoms with Gasteiger partial charge in [0.2, 0.25) is 0 Å². The number of hydrogen-bond acceptors (Lipinski definition) is 10. The molecule has 4 aromatic rings. The van der Waals surface area contributed by atoms with Crippen LogP contribution < -0.4 is 9.80 Å². The molecule has 1 saturated heterocycles. The number of ether oxygens (including phenoxy) is 1. The van der Waals surface area contributed by atoms with Crippen LogP contribution in [0.4, 0.5) is 24.7 Å². The molecule has 0 bridgehead atoms. The Morgan fingerprint density at radius 1 is 1.04 bits per heavy atom. The monoisotopic (exact) mass is 707 g/mol. The standard InChI is InChI=1S/C36H44F3N9O3/c1-46(21-35(22-51-2)9-3-4-10-35)28-17-26(24-16-25(36(37,38)39)31(42-18-24)23-7-8-23)43-34-32(28)44-33(45-34)27-19-41-29(20-40-27)48-14-12-47(13-15-48)11-5-6-30(49)50/h16-20,23H,3-15,21-22H2,1-2H3,(H,49,50)(H,43,44,45). The van der Waals surface area contributed by atoms with Gasteiger partial charge in [-0.3, -0.25) is 14.7 Å². The van der Waals surface area contributed by atoms with E-state index in [-0.39, 0.29) is 29.0 Å². The zero-order chi connectivity index (χ0) is 35.8. The van der Waals surface area contributed by atoms with E-state index in [1.165, 1.54) is 12.3 Å². The van der Waals surface area contributed by atoms with Gasteiger partial charge in [0.05, 0.1) is 41.6 Å². The maximum absolute atomic E-state index is 14.2. The Bertz CT molecular complexity index is 1850. The van der Waals surface area contributed by atoms with E-state index in [2.05, 4.69) is 34.6 Å². The van der Waals surface area contributed by atoms with Crippen LogP contribution in [0.2, 0.25) is 0 Å². The van der Waals surface area contributed by atoms with Crippen molar-refractivity contribution >= 4 is 28.6 Å². The Kier molecular flexibility index (Phi) is 9.85. The van der Waals surface area contributed by atoms with Crippen molar-refractivity contribution in [1.82, 2.24) is 34.8 Å². The number of carbonyl (C=O) groups is 1. The molecule has 7 rings (SSSR count). The van der Waals surface area contributed by atoms with Crippen LogP contribution in [-0.4, -0.2) is 106 Å². The number of rotatable bonds is 13. The highest BCUT2D eigenvalue weighted by Crippen LogP contribution is 2.46. The summed E-state index contributed by atoms with van der Waals surface area (Å²) in [5.41, 5.74) is 2.31. The number of hydrogen-bond donors (Lipinski definition) is 2. The molecular formula is C36H44F3N9O3. The van der Waals surface area contributed by atoms with Gasteiger partial charge in [-0.15, -0.1) is 0 Å². The number of methoxy groups -OCH3 is 1. The van der Waals surface area contributed by atoms with E-state index in [9.17, 15) is 18.0 Å². The zero-order valence-electron chi connectivity index (χ0n) is 29.0. The van der Waals surface area contributed by atoms with Crippen molar-refractivity contribution in [3.05, 3.63) is 42.0 Å². The lowest BCUT2D eigenvalue weighted by molar-refractivity contribution is -0.139. The van der Waals surface area contributed by atoms with Gasteiger partial charge >= 0.3 is 12.1 Å². The van der Waals surface area contributed by atoms with E-state index < -0.39 is 17.7 Å². The fourth-order valence-corrected chi connectivity index (χ4v) is 7.70. The molecule has 15 heteroatoms. The molecule has 3 aliphatic rings. The topological polar surface area (TPSA) is 136 Å². The minimum Gasteiger partial charge on any atom is -0.481 e. The largest absolute Gasteiger partial charge is 0.481 e. The first-order chi connectivity index (χ1) is 24.5. The van der Waals surface area contributed by atoms with E-state index in [0.717, 1.165) is 69.9 Å². The average molecular weight is 708 g/mol. The van der Waals surface area contributed by atoms with Crippen molar-refractivity contribution in [3.63, 3.8) is 0 Å². The number of aliphatic carboxylic acids is 1. The van der Waals surface area contributed by atoms with Gasteiger partial charge in [0.15, 0.2) is 11.5 Å². The van der Waals surface area contributed by atoms with Crippen LogP contribution in [0.25, 0.3) is 33.9 Å². The first-order valence-corrected chi connectivity index (χ1v) is 17.7. The van der Waals surface area contributed by atoms with Gasteiger partial charge in [0.1, 0.15) is 17.0 Å². The second-order valence-electron chi connectivity index (χ2n) is 14.3. The van der Waals surface area contributed by atoms with Gasteiger partial charge in [-0.25, -0.2) is 19.9 Å². The second kappa shape index (κ2) is 14.3. The van der Waals surface area contributed by atoms with E-state index in [4.69, 9.17) is 19.8 Å². The predicted molar refractivity (Wildman–Crippen MR) is 187 cm³/mol. The van der Waals surface area contributed by atoms with Crippen LogP contribution in [0.5, 0.6) is 0 Å². The summed E-state index contributed by atoms with van der Waals surface area (Å²) in [6, 6.07) is 3.00. The van der Waals surface area contributed by atoms with Crippen LogP contribution in [0, 0.1) is 5.41 Å². The molecule has 0 unspecified atom stereocenters. The molecule has 0 radical (unpaired) electrons. The fraction of sp³-hybridized carbons (Fsp3) is 0.556. The number of halogens is 3. The second-order valence-corrected chi connectivity index (χ2v) is 14.3. The van der Waals surface area contributed by atoms with Gasteiger partial charge in [0, 0.05) is 76.4 Å². The Hall–Kier alpha value is -4.37. The highest BCUT2D eigenvalue weighted by molar-refractivity contribution is 5.91. The molecule has 51 heavy (non-hydrogen) atoms. The van der Waals surface area contributed by atoms with Gasteiger partial charge < -0.3 is 24.6 Å². The molecule has 5 heterocycles. The number of anilines is 2. The summed E-state index contributed by atoms with van der Waals surface area (Å²) in [4.78, 5) is 44.0. The van der Waals surface area contributed by atoms with Crippen LogP contribution >= 0.6 is 0 Å². The summed E-state index contributed by atoms with van der Waals surface area (Å²) in [6.45, 7) is 5.20. The number of imidazole rings is 1. The third-order valence-electron chi connectivity index (χ3n) is 10.5. The summed E-state index contributed by atoms with van der Waals surface area (Å²) in [5.74, 6) is 0.265. The summed E-state index contributed by atoms with van der Waals surface area (Å²) in [7, 11) is 3.71. The molecule has 0 amide bonds. The molecule has 2 N–H and O–H groups in total. The molecule has 0 aromatic carbocycles. The third-order valence-corrected chi connectivity index (χ3v) is 10.5. The number of aromatic amines is 1. The molecule has 272 valence electrons. The lowest BCUT2D eigenvalue weighted by Gasteiger charge is -2.35. The maximum Gasteiger partial charge on any atom is 0.418 e. The normalized spacial score (nSPS) is 18.1. The molecular weight excluding hydrogens is 663 g/mol. The highest BCUT2D eigenvalue weighted by atomic mass is 19.4. The van der Waals surface area contributed by atoms with Crippen molar-refractivity contribution in [2.45, 2.75) is 63.5 Å². The number of nitrogens with one attached hydrogen (secondary N) is 1. The Balaban J connectivity index is 1.19. The molecule has 0 atom stereocenters. The summed E-state index contributed by atoms with van der Waals surface area (Å²) >= 11 is 0. The SMILES string of the molecule is COCC1(CN(C)c2cc(-c3cnc(C4CC4)c(C(F)(F)F)c3)nc3nc(-c4cnc(N5CCN(CCCC(=O)O)CC5)cn4)[nH]c23)CCCC1. The van der Waals surface area contributed by atoms with Crippen molar-refractivity contribution in [2.24, 2.45) is 5.41 Å². The van der Waals surface area contributed by atoms with Crippen molar-refractivity contribution in [2.75, 3.05) is 69.8 Å². The Morgan fingerprint density at radius 2 is 1.80 bits per heavy atom. The lowest BCUT2D eigenvalue weighted by atomic mass is 9.86. The van der Waals surface area contributed by atoms with Gasteiger partial charge in [-0.2, -0.15) is 13.2 Å². The minimum absolute atomic E-state index is 0.0374. The number of carboxylic acid groups (broad SMARTS) is 1. The van der Waals surface area contributed by atoms with Crippen molar-refractivity contribution in [3.8, 4) is 22.8 Å². The molecule has 3 fully saturated rings. The minimum atomic E-state index is -4.53. The molecule has 2 saturated carbocycles. The number of H-pyrrole nitrogens is 1. The van der Waals surface area contributed by atoms with Crippen molar-refractivity contribution < 1.29 is 27.8 Å². The molecule has 0 spiro atoms. The first-order valence-electron chi connectivity index (χ1n) is 17.7. The Morgan fingerprint density at radius 3 is 2.45 bits per heavy atom. The zero-order valence-corrected chi connectivity index (χ0v) is 29.0. The maximum atomic E-state index is 14.2. The van der Waals surface area contributed by atoms with Gasteiger partial charge in [0.25, 0.3) is 0 Å². The number of carboxylic acids is 1. The molecule has 12 nitrogen and oxygen atoms in total. The van der Waals surface area contributed by atoms with E-state index >= 15 is 0 Å². The average Bonchev–Trinajstić information content (AvgIpc) is 3.71. The lowest BCUT2D eigenvalue weighted by Crippen LogP contribution is -2.47. The summed E-state index contributed by atoms with van der Waals surface area (Å²) in [6.07, 6.45) is 6.88. The van der Waals surface area contributed by atoms with E-state index in [1.54, 1.807) is 19.5 Å². The van der Waals surface area contributed by atoms with E-state index in [0.29, 0.717) is 60.8 Å². The van der Waals surface area contributed by atoms with E-state index in [1.807, 2.05) is 13.1 Å². The predicted octanol–water partition coefficient (Wildman–Crippen LogP) is 6.00. The summed E-state index contributed by atoms with van der Waals surface area (Å²) in [5, 5.41) is 8.92. The molecule has 4 aromatic heterocycles. The number of pyridine rings is 2. The molecule has 1 aliphatic heterocycles. The number of alkyl halides is 3. The first kappa shape index (κ1) is 35.1. The number of aromatic nitrogens is 6. The summed E-state index contributed by atoms with van der Waals surface area (Å²) < 4.78 is 48.3. The van der Waals surface area contributed by atoms with Crippen LogP contribution in [0.3, 0.4) is 0 Å². The van der Waals surface area contributed by atoms with Crippen LogP contribution in [0.1, 0.15) is 68.5 Å². The van der Waals surface area contributed by atoms with Gasteiger partial charge in [-0.05, 0) is 50.8 Å².